The van der Waals surface area contributed by atoms with Crippen molar-refractivity contribution in [2.75, 3.05) is 18.8 Å². The highest BCUT2D eigenvalue weighted by molar-refractivity contribution is 5.63. The van der Waals surface area contributed by atoms with Gasteiger partial charge in [0.25, 0.3) is 0 Å². The van der Waals surface area contributed by atoms with Gasteiger partial charge in [-0.1, -0.05) is 32.0 Å². The van der Waals surface area contributed by atoms with Gasteiger partial charge in [0.2, 0.25) is 0 Å². The van der Waals surface area contributed by atoms with Crippen LogP contribution >= 0.6 is 0 Å². The van der Waals surface area contributed by atoms with E-state index in [0.29, 0.717) is 0 Å². The first-order chi connectivity index (χ1) is 7.86. The molecule has 0 radical (unpaired) electrons. The van der Waals surface area contributed by atoms with E-state index in [4.69, 9.17) is 5.73 Å². The molecule has 2 heteroatoms. The third kappa shape index (κ3) is 3.61. The summed E-state index contributed by atoms with van der Waals surface area (Å²) < 4.78 is 0. The van der Waals surface area contributed by atoms with Crippen LogP contribution in [0, 0.1) is 0 Å². The molecule has 0 aliphatic carbocycles. The minimum Gasteiger partial charge on any atom is -0.398 e. The molecule has 0 aromatic heterocycles. The van der Waals surface area contributed by atoms with Crippen molar-refractivity contribution in [3.05, 3.63) is 36.0 Å². The third-order valence-electron chi connectivity index (χ3n) is 2.60. The van der Waals surface area contributed by atoms with E-state index >= 15 is 0 Å². The highest BCUT2D eigenvalue weighted by Crippen LogP contribution is 2.14. The second kappa shape index (κ2) is 6.94. The molecular weight excluding hydrogens is 196 g/mol. The number of nitrogens with zero attached hydrogens (tertiary/aromatic N) is 1. The van der Waals surface area contributed by atoms with Crippen molar-refractivity contribution in [1.82, 2.24) is 4.90 Å². The van der Waals surface area contributed by atoms with Crippen molar-refractivity contribution in [3.63, 3.8) is 0 Å². The van der Waals surface area contributed by atoms with Crippen LogP contribution in [0.3, 0.4) is 0 Å². The number of para-hydroxylation sites is 1. The average Bonchev–Trinajstić information content (AvgIpc) is 2.84. The Bertz CT molecular complexity index is 325. The van der Waals surface area contributed by atoms with Gasteiger partial charge in [0.1, 0.15) is 0 Å². The third-order valence-corrected chi connectivity index (χ3v) is 2.60. The van der Waals surface area contributed by atoms with Gasteiger partial charge in [-0.05, 0) is 36.7 Å². The van der Waals surface area contributed by atoms with Crippen molar-refractivity contribution >= 4 is 11.8 Å². The molecule has 2 nitrogen and oxygen atoms in total. The summed E-state index contributed by atoms with van der Waals surface area (Å²) >= 11 is 0. The van der Waals surface area contributed by atoms with Crippen LogP contribution in [-0.4, -0.2) is 18.0 Å². The monoisotopic (exact) mass is 218 g/mol. The number of hydrogen-bond acceptors (Lipinski definition) is 2. The first-order valence-electron chi connectivity index (χ1n) is 6.13. The van der Waals surface area contributed by atoms with E-state index in [2.05, 4.69) is 17.2 Å². The fourth-order valence-corrected chi connectivity index (χ4v) is 1.74. The molecular formula is C14H22N2. The number of nitrogen functional groups attached to an aromatic ring is 1. The molecule has 0 saturated carbocycles. The zero-order valence-electron chi connectivity index (χ0n) is 10.3. The summed E-state index contributed by atoms with van der Waals surface area (Å²) in [6, 6.07) is 7.95. The van der Waals surface area contributed by atoms with E-state index in [1.54, 1.807) is 0 Å². The van der Waals surface area contributed by atoms with Crippen molar-refractivity contribution in [2.45, 2.75) is 26.7 Å². The van der Waals surface area contributed by atoms with Crippen molar-refractivity contribution in [3.8, 4) is 0 Å². The minimum absolute atomic E-state index is 0.850. The summed E-state index contributed by atoms with van der Waals surface area (Å²) in [6.45, 7) is 6.37. The summed E-state index contributed by atoms with van der Waals surface area (Å²) in [6.07, 6.45) is 6.88. The Balaban J connectivity index is 0.000000606. The Morgan fingerprint density at radius 1 is 1.12 bits per heavy atom. The van der Waals surface area contributed by atoms with E-state index < -0.39 is 0 Å². The fourth-order valence-electron chi connectivity index (χ4n) is 1.74. The summed E-state index contributed by atoms with van der Waals surface area (Å²) in [5.41, 5.74) is 7.80. The van der Waals surface area contributed by atoms with E-state index in [1.807, 2.05) is 38.1 Å². The molecule has 0 amide bonds. The van der Waals surface area contributed by atoms with Crippen LogP contribution in [0.4, 0.5) is 5.69 Å². The van der Waals surface area contributed by atoms with Crippen LogP contribution in [0.25, 0.3) is 6.08 Å². The largest absolute Gasteiger partial charge is 0.398 e. The van der Waals surface area contributed by atoms with Gasteiger partial charge in [0.05, 0.1) is 0 Å². The van der Waals surface area contributed by atoms with E-state index in [-0.39, 0.29) is 0 Å². The van der Waals surface area contributed by atoms with Crippen LogP contribution in [-0.2, 0) is 0 Å². The Kier molecular flexibility index (Phi) is 5.48. The van der Waals surface area contributed by atoms with Crippen LogP contribution in [0.15, 0.2) is 30.5 Å². The zero-order valence-corrected chi connectivity index (χ0v) is 10.3. The van der Waals surface area contributed by atoms with Gasteiger partial charge in [-0.15, -0.1) is 0 Å². The second-order valence-electron chi connectivity index (χ2n) is 3.69. The maximum Gasteiger partial charge on any atom is 0.0388 e. The maximum absolute atomic E-state index is 5.84. The van der Waals surface area contributed by atoms with Gasteiger partial charge in [0.15, 0.2) is 0 Å². The average molecular weight is 218 g/mol. The second-order valence-corrected chi connectivity index (χ2v) is 3.69. The molecule has 1 fully saturated rings. The minimum atomic E-state index is 0.850. The lowest BCUT2D eigenvalue weighted by atomic mass is 10.2. The lowest BCUT2D eigenvalue weighted by molar-refractivity contribution is 0.471. The number of anilines is 1. The van der Waals surface area contributed by atoms with E-state index in [0.717, 1.165) is 11.3 Å². The summed E-state index contributed by atoms with van der Waals surface area (Å²) in [5.74, 6) is 0. The van der Waals surface area contributed by atoms with Gasteiger partial charge in [-0.2, -0.15) is 0 Å². The van der Waals surface area contributed by atoms with Gasteiger partial charge in [0, 0.05) is 18.8 Å². The molecule has 88 valence electrons. The molecule has 16 heavy (non-hydrogen) atoms. The molecule has 2 rings (SSSR count). The first kappa shape index (κ1) is 12.6. The Labute approximate surface area is 98.8 Å². The molecule has 0 unspecified atom stereocenters. The van der Waals surface area contributed by atoms with Crippen molar-refractivity contribution < 1.29 is 0 Å². The Morgan fingerprint density at radius 2 is 1.75 bits per heavy atom. The topological polar surface area (TPSA) is 29.3 Å². The Hall–Kier alpha value is -1.44. The first-order valence-corrected chi connectivity index (χ1v) is 6.13. The van der Waals surface area contributed by atoms with Gasteiger partial charge in [-0.25, -0.2) is 0 Å². The smallest absolute Gasteiger partial charge is 0.0388 e. The molecule has 1 aliphatic heterocycles. The predicted octanol–water partition coefficient (Wildman–Crippen LogP) is 3.36. The Morgan fingerprint density at radius 3 is 2.38 bits per heavy atom. The van der Waals surface area contributed by atoms with Crippen LogP contribution in [0.1, 0.15) is 32.3 Å². The molecule has 2 N–H and O–H groups in total. The molecule has 1 aliphatic rings. The number of nitrogens with two attached hydrogens (primary N) is 1. The highest BCUT2D eigenvalue weighted by Gasteiger charge is 2.05. The van der Waals surface area contributed by atoms with Crippen LogP contribution in [0.5, 0.6) is 0 Å². The van der Waals surface area contributed by atoms with Gasteiger partial charge < -0.3 is 10.6 Å². The normalized spacial score (nSPS) is 15.0. The molecule has 0 bridgehead atoms. The lowest BCUT2D eigenvalue weighted by Crippen LogP contribution is -2.10. The summed E-state index contributed by atoms with van der Waals surface area (Å²) in [5, 5.41) is 0. The van der Waals surface area contributed by atoms with Crippen LogP contribution in [0.2, 0.25) is 0 Å². The lowest BCUT2D eigenvalue weighted by Gasteiger charge is -2.10. The molecule has 1 aromatic rings. The number of rotatable bonds is 2. The van der Waals surface area contributed by atoms with Crippen molar-refractivity contribution in [1.29, 1.82) is 0 Å². The number of benzene rings is 1. The zero-order chi connectivity index (χ0) is 11.8. The summed E-state index contributed by atoms with van der Waals surface area (Å²) in [7, 11) is 0. The molecule has 1 saturated heterocycles. The fraction of sp³-hybridized carbons (Fsp3) is 0.429. The van der Waals surface area contributed by atoms with Gasteiger partial charge in [-0.3, -0.25) is 0 Å². The van der Waals surface area contributed by atoms with E-state index in [9.17, 15) is 0 Å². The summed E-state index contributed by atoms with van der Waals surface area (Å²) in [4.78, 5) is 2.34. The quantitative estimate of drug-likeness (QED) is 0.771. The van der Waals surface area contributed by atoms with E-state index in [1.165, 1.54) is 25.9 Å². The molecule has 0 atom stereocenters. The maximum atomic E-state index is 5.84. The van der Waals surface area contributed by atoms with Gasteiger partial charge >= 0.3 is 0 Å². The molecule has 0 spiro atoms. The highest BCUT2D eigenvalue weighted by atomic mass is 15.1. The predicted molar refractivity (Wildman–Crippen MR) is 72.0 cm³/mol. The molecule has 1 aromatic carbocycles. The van der Waals surface area contributed by atoms with Crippen LogP contribution < -0.4 is 5.73 Å². The number of likely N-dealkylation sites (tertiary alicyclic amines) is 1. The standard InChI is InChI=1S/C12H16N2.C2H6/c13-12-6-2-1-5-11(12)7-10-14-8-3-4-9-14;1-2/h1-2,5-7,10H,3-4,8-9,13H2;1-2H3/b10-7+;. The molecule has 1 heterocycles. The SMILES string of the molecule is CC.Nc1ccccc1/C=C/N1CCCC1. The van der Waals surface area contributed by atoms with Crippen molar-refractivity contribution in [2.24, 2.45) is 0 Å². The number of hydrogen-bond donors (Lipinski definition) is 1.